The first-order valence-corrected chi connectivity index (χ1v) is 14.2. The molecule has 0 bridgehead atoms. The van der Waals surface area contributed by atoms with Crippen molar-refractivity contribution in [3.8, 4) is 11.5 Å². The molecule has 0 aliphatic carbocycles. The van der Waals surface area contributed by atoms with Gasteiger partial charge in [0.05, 0.1) is 21.5 Å². The van der Waals surface area contributed by atoms with E-state index < -0.39 is 21.9 Å². The van der Waals surface area contributed by atoms with Crippen LogP contribution in [0, 0.1) is 0 Å². The number of hydrogen-bond donors (Lipinski definition) is 3. The van der Waals surface area contributed by atoms with Crippen LogP contribution in [0.5, 0.6) is 11.5 Å². The van der Waals surface area contributed by atoms with Gasteiger partial charge in [-0.05, 0) is 97.2 Å². The van der Waals surface area contributed by atoms with Gasteiger partial charge in [0.2, 0.25) is 9.84 Å². The molecule has 0 radical (unpaired) electrons. The minimum absolute atomic E-state index is 0.0963. The zero-order valence-corrected chi connectivity index (χ0v) is 22.5. The van der Waals surface area contributed by atoms with Crippen molar-refractivity contribution in [3.63, 3.8) is 0 Å². The highest BCUT2D eigenvalue weighted by molar-refractivity contribution is 7.91. The number of carboxylic acid groups (broad SMARTS) is 1. The maximum atomic E-state index is 13.1. The molecular formula is C30H28ClNO6S. The molecule has 0 heterocycles. The smallest absolute Gasteiger partial charge is 0.335 e. The van der Waals surface area contributed by atoms with Gasteiger partial charge in [-0.15, -0.1) is 0 Å². The van der Waals surface area contributed by atoms with Gasteiger partial charge in [0.1, 0.15) is 11.5 Å². The second-order valence-corrected chi connectivity index (χ2v) is 11.3. The molecule has 7 nitrogen and oxygen atoms in total. The molecule has 4 aromatic carbocycles. The van der Waals surface area contributed by atoms with Crippen molar-refractivity contribution < 1.29 is 28.2 Å². The van der Waals surface area contributed by atoms with Gasteiger partial charge in [-0.25, -0.2) is 13.2 Å². The summed E-state index contributed by atoms with van der Waals surface area (Å²) in [6.45, 7) is 1.11. The molecule has 0 fully saturated rings. The first-order chi connectivity index (χ1) is 18.7. The number of sulfone groups is 1. The van der Waals surface area contributed by atoms with E-state index in [2.05, 4.69) is 5.32 Å². The normalized spacial score (nSPS) is 12.2. The van der Waals surface area contributed by atoms with Gasteiger partial charge in [0.25, 0.3) is 0 Å². The quantitative estimate of drug-likeness (QED) is 0.183. The molecule has 0 spiro atoms. The van der Waals surface area contributed by atoms with Crippen LogP contribution in [-0.4, -0.2) is 37.7 Å². The van der Waals surface area contributed by atoms with Crippen molar-refractivity contribution in [1.29, 1.82) is 0 Å². The van der Waals surface area contributed by atoms with Crippen molar-refractivity contribution in [1.82, 2.24) is 5.32 Å². The third-order valence-electron chi connectivity index (χ3n) is 6.07. The molecule has 1 atom stereocenters. The Balaban J connectivity index is 1.28. The monoisotopic (exact) mass is 565 g/mol. The van der Waals surface area contributed by atoms with E-state index in [1.165, 1.54) is 36.4 Å². The van der Waals surface area contributed by atoms with E-state index in [1.807, 2.05) is 6.07 Å². The number of benzene rings is 4. The Bertz CT molecular complexity index is 1520. The van der Waals surface area contributed by atoms with Gasteiger partial charge in [-0.2, -0.15) is 0 Å². The van der Waals surface area contributed by atoms with E-state index in [9.17, 15) is 18.3 Å². The van der Waals surface area contributed by atoms with Crippen LogP contribution in [-0.2, 0) is 16.3 Å². The lowest BCUT2D eigenvalue weighted by atomic mass is 10.1. The number of halogens is 1. The number of aromatic carboxylic acids is 1. The highest BCUT2D eigenvalue weighted by Gasteiger charge is 2.18. The van der Waals surface area contributed by atoms with Crippen LogP contribution >= 0.6 is 11.6 Å². The molecule has 202 valence electrons. The summed E-state index contributed by atoms with van der Waals surface area (Å²) in [5.41, 5.74) is 1.87. The molecular weight excluding hydrogens is 538 g/mol. The number of rotatable bonds is 12. The molecule has 0 aromatic heterocycles. The van der Waals surface area contributed by atoms with E-state index in [4.69, 9.17) is 21.4 Å². The van der Waals surface area contributed by atoms with Gasteiger partial charge in [0, 0.05) is 11.6 Å². The van der Waals surface area contributed by atoms with Gasteiger partial charge in [-0.3, -0.25) is 0 Å². The lowest BCUT2D eigenvalue weighted by Gasteiger charge is -2.12. The van der Waals surface area contributed by atoms with Gasteiger partial charge < -0.3 is 20.3 Å². The number of hydrogen-bond acceptors (Lipinski definition) is 6. The van der Waals surface area contributed by atoms with E-state index in [1.54, 1.807) is 54.6 Å². The Hall–Kier alpha value is -3.69. The van der Waals surface area contributed by atoms with Gasteiger partial charge in [0.15, 0.2) is 0 Å². The predicted molar refractivity (Wildman–Crippen MR) is 149 cm³/mol. The minimum atomic E-state index is -3.71. The van der Waals surface area contributed by atoms with Crippen molar-refractivity contribution >= 4 is 27.4 Å². The van der Waals surface area contributed by atoms with E-state index in [-0.39, 0.29) is 15.4 Å². The van der Waals surface area contributed by atoms with Crippen molar-refractivity contribution in [2.45, 2.75) is 28.7 Å². The minimum Gasteiger partial charge on any atom is -0.478 e. The molecule has 0 aliphatic heterocycles. The van der Waals surface area contributed by atoms with E-state index in [0.717, 1.165) is 24.0 Å². The molecule has 0 aliphatic rings. The highest BCUT2D eigenvalue weighted by Crippen LogP contribution is 2.27. The number of carboxylic acids is 1. The van der Waals surface area contributed by atoms with Crippen molar-refractivity contribution in [2.75, 3.05) is 13.1 Å². The van der Waals surface area contributed by atoms with Gasteiger partial charge in [-0.1, -0.05) is 41.9 Å². The lowest BCUT2D eigenvalue weighted by molar-refractivity contribution is 0.0696. The summed E-state index contributed by atoms with van der Waals surface area (Å²) in [6, 6.07) is 26.0. The fourth-order valence-electron chi connectivity index (χ4n) is 3.97. The summed E-state index contributed by atoms with van der Waals surface area (Å²) in [5, 5.41) is 23.2. The number of aliphatic hydroxyl groups excluding tert-OH is 1. The largest absolute Gasteiger partial charge is 0.478 e. The Labute approximate surface area is 232 Å². The SMILES string of the molecule is O=C(O)c1cccc(Oc2ccc(S(=O)(=O)c3ccc(CCCNC[C@H](O)c4cccc(Cl)c4)cc3)cc2)c1. The molecule has 3 N–H and O–H groups in total. The maximum absolute atomic E-state index is 13.1. The summed E-state index contributed by atoms with van der Waals surface area (Å²) in [4.78, 5) is 11.5. The Kier molecular flexibility index (Phi) is 9.37. The standard InChI is InChI=1S/C30H28ClNO6S/c31-24-7-1-5-22(18-24)29(33)20-32-17-3-4-21-9-13-27(14-10-21)39(36,37)28-15-11-25(12-16-28)38-26-8-2-6-23(19-26)30(34)35/h1-2,5-16,18-19,29,32-33H,3-4,17,20H2,(H,34,35)/t29-/m0/s1. The Morgan fingerprint density at radius 2 is 1.54 bits per heavy atom. The summed E-state index contributed by atoms with van der Waals surface area (Å²) >= 11 is 5.97. The van der Waals surface area contributed by atoms with Crippen LogP contribution in [0.1, 0.15) is 34.0 Å². The summed E-state index contributed by atoms with van der Waals surface area (Å²) in [6.07, 6.45) is 0.943. The number of nitrogens with one attached hydrogen (secondary N) is 1. The van der Waals surface area contributed by atoms with Crippen LogP contribution in [0.3, 0.4) is 0 Å². The average molecular weight is 566 g/mol. The first kappa shape index (κ1) is 28.3. The summed E-state index contributed by atoms with van der Waals surface area (Å²) in [5.74, 6) is -0.330. The fourth-order valence-corrected chi connectivity index (χ4v) is 5.43. The number of carbonyl (C=O) groups is 1. The zero-order chi connectivity index (χ0) is 27.8. The number of ether oxygens (including phenoxy) is 1. The fraction of sp³-hybridized carbons (Fsp3) is 0.167. The third kappa shape index (κ3) is 7.68. The molecule has 4 rings (SSSR count). The second kappa shape index (κ2) is 12.9. The molecule has 4 aromatic rings. The summed E-state index contributed by atoms with van der Waals surface area (Å²) < 4.78 is 31.8. The van der Waals surface area contributed by atoms with Crippen LogP contribution in [0.4, 0.5) is 0 Å². The van der Waals surface area contributed by atoms with E-state index in [0.29, 0.717) is 29.6 Å². The van der Waals surface area contributed by atoms with Crippen molar-refractivity contribution in [3.05, 3.63) is 119 Å². The highest BCUT2D eigenvalue weighted by atomic mass is 35.5. The molecule has 39 heavy (non-hydrogen) atoms. The van der Waals surface area contributed by atoms with Crippen molar-refractivity contribution in [2.24, 2.45) is 0 Å². The number of aliphatic hydroxyl groups is 1. The Morgan fingerprint density at radius 1 is 0.872 bits per heavy atom. The second-order valence-electron chi connectivity index (χ2n) is 8.93. The zero-order valence-electron chi connectivity index (χ0n) is 21.0. The first-order valence-electron chi connectivity index (χ1n) is 12.3. The third-order valence-corrected chi connectivity index (χ3v) is 8.10. The topological polar surface area (TPSA) is 113 Å². The van der Waals surface area contributed by atoms with Crippen LogP contribution in [0.15, 0.2) is 107 Å². The van der Waals surface area contributed by atoms with E-state index >= 15 is 0 Å². The molecule has 0 saturated heterocycles. The Morgan fingerprint density at radius 3 is 2.21 bits per heavy atom. The predicted octanol–water partition coefficient (Wildman–Crippen LogP) is 5.92. The lowest BCUT2D eigenvalue weighted by Crippen LogP contribution is -2.22. The number of aryl methyl sites for hydroxylation is 1. The van der Waals surface area contributed by atoms with Crippen LogP contribution < -0.4 is 10.1 Å². The summed E-state index contributed by atoms with van der Waals surface area (Å²) in [7, 11) is -3.71. The van der Waals surface area contributed by atoms with Gasteiger partial charge >= 0.3 is 5.97 Å². The molecule has 0 saturated carbocycles. The van der Waals surface area contributed by atoms with Crippen LogP contribution in [0.2, 0.25) is 5.02 Å². The maximum Gasteiger partial charge on any atom is 0.335 e. The van der Waals surface area contributed by atoms with Crippen LogP contribution in [0.25, 0.3) is 0 Å². The molecule has 9 heteroatoms. The molecule has 0 amide bonds. The average Bonchev–Trinajstić information content (AvgIpc) is 2.93. The molecule has 0 unspecified atom stereocenters.